The number of amides is 2. The van der Waals surface area contributed by atoms with E-state index in [0.717, 1.165) is 28.6 Å². The number of fused-ring (bicyclic) bond motifs is 3. The van der Waals surface area contributed by atoms with Crippen LogP contribution in [0.15, 0.2) is 18.2 Å². The second kappa shape index (κ2) is 6.63. The number of carbonyl (C=O) groups is 2. The predicted molar refractivity (Wildman–Crippen MR) is 89.9 cm³/mol. The lowest BCUT2D eigenvalue weighted by molar-refractivity contribution is -0.134. The number of hydrogen-bond acceptors (Lipinski definition) is 2. The van der Waals surface area contributed by atoms with Gasteiger partial charge in [0.25, 0.3) is 0 Å². The molecular weight excluding hydrogens is 309 g/mol. The standard InChI is InChI=1S/C18H22FN3O2/c1-11(2)20-17(23)5-6-18(24)22-8-7-16-14(10-22)13-9-12(19)3-4-15(13)21-16/h3-4,9,11,21H,5-8,10H2,1-2H3,(H,20,23). The fraction of sp³-hybridized carbons (Fsp3) is 0.444. The quantitative estimate of drug-likeness (QED) is 0.904. The van der Waals surface area contributed by atoms with Gasteiger partial charge in [0, 0.05) is 60.6 Å². The number of benzene rings is 1. The molecule has 0 spiro atoms. The van der Waals surface area contributed by atoms with E-state index in [0.29, 0.717) is 13.1 Å². The predicted octanol–water partition coefficient (Wildman–Crippen LogP) is 2.50. The molecule has 0 saturated heterocycles. The van der Waals surface area contributed by atoms with E-state index in [4.69, 9.17) is 0 Å². The van der Waals surface area contributed by atoms with Crippen LogP contribution in [0.4, 0.5) is 4.39 Å². The molecule has 6 heteroatoms. The van der Waals surface area contributed by atoms with Crippen molar-refractivity contribution in [2.24, 2.45) is 0 Å². The van der Waals surface area contributed by atoms with E-state index < -0.39 is 0 Å². The zero-order valence-corrected chi connectivity index (χ0v) is 14.0. The Bertz CT molecular complexity index is 782. The van der Waals surface area contributed by atoms with Gasteiger partial charge in [-0.3, -0.25) is 9.59 Å². The maximum Gasteiger partial charge on any atom is 0.223 e. The highest BCUT2D eigenvalue weighted by atomic mass is 19.1. The van der Waals surface area contributed by atoms with Gasteiger partial charge in [-0.05, 0) is 32.0 Å². The van der Waals surface area contributed by atoms with Gasteiger partial charge in [0.05, 0.1) is 0 Å². The third-order valence-corrected chi connectivity index (χ3v) is 4.31. The van der Waals surface area contributed by atoms with Crippen molar-refractivity contribution in [1.29, 1.82) is 0 Å². The minimum absolute atomic E-state index is 0.0368. The van der Waals surface area contributed by atoms with E-state index in [-0.39, 0.29) is 36.5 Å². The molecule has 0 atom stereocenters. The van der Waals surface area contributed by atoms with Gasteiger partial charge in [-0.15, -0.1) is 0 Å². The van der Waals surface area contributed by atoms with Gasteiger partial charge in [-0.2, -0.15) is 0 Å². The summed E-state index contributed by atoms with van der Waals surface area (Å²) < 4.78 is 13.5. The van der Waals surface area contributed by atoms with Crippen LogP contribution in [0.25, 0.3) is 10.9 Å². The lowest BCUT2D eigenvalue weighted by Gasteiger charge is -2.27. The molecule has 1 aliphatic rings. The van der Waals surface area contributed by atoms with Gasteiger partial charge in [-0.1, -0.05) is 0 Å². The van der Waals surface area contributed by atoms with E-state index in [9.17, 15) is 14.0 Å². The summed E-state index contributed by atoms with van der Waals surface area (Å²) in [6.45, 7) is 4.86. The van der Waals surface area contributed by atoms with E-state index in [2.05, 4.69) is 10.3 Å². The smallest absolute Gasteiger partial charge is 0.223 e. The lowest BCUT2D eigenvalue weighted by atomic mass is 10.0. The first-order valence-electron chi connectivity index (χ1n) is 8.30. The number of rotatable bonds is 4. The van der Waals surface area contributed by atoms with Gasteiger partial charge in [0.1, 0.15) is 5.82 Å². The second-order valence-corrected chi connectivity index (χ2v) is 6.56. The van der Waals surface area contributed by atoms with Crippen LogP contribution in [0.5, 0.6) is 0 Å². The number of nitrogens with zero attached hydrogens (tertiary/aromatic N) is 1. The van der Waals surface area contributed by atoms with Gasteiger partial charge in [0.2, 0.25) is 11.8 Å². The molecular formula is C18H22FN3O2. The molecule has 128 valence electrons. The van der Waals surface area contributed by atoms with Crippen molar-refractivity contribution in [2.45, 2.75) is 45.7 Å². The van der Waals surface area contributed by atoms with Crippen LogP contribution >= 0.6 is 0 Å². The van der Waals surface area contributed by atoms with Crippen LogP contribution in [-0.2, 0) is 22.6 Å². The number of nitrogens with one attached hydrogen (secondary N) is 2. The van der Waals surface area contributed by atoms with Crippen molar-refractivity contribution >= 4 is 22.7 Å². The topological polar surface area (TPSA) is 65.2 Å². The molecule has 2 aromatic rings. The molecule has 0 unspecified atom stereocenters. The number of H-pyrrole nitrogens is 1. The Kier molecular flexibility index (Phi) is 4.55. The molecule has 1 aromatic carbocycles. The van der Waals surface area contributed by atoms with E-state index >= 15 is 0 Å². The molecule has 0 fully saturated rings. The summed E-state index contributed by atoms with van der Waals surface area (Å²) in [5.74, 6) is -0.423. The van der Waals surface area contributed by atoms with E-state index in [1.54, 1.807) is 11.0 Å². The highest BCUT2D eigenvalue weighted by Gasteiger charge is 2.24. The zero-order valence-electron chi connectivity index (χ0n) is 14.0. The number of halogens is 1. The van der Waals surface area contributed by atoms with Crippen LogP contribution in [-0.4, -0.2) is 34.3 Å². The molecule has 0 bridgehead atoms. The molecule has 1 aliphatic heterocycles. The molecule has 24 heavy (non-hydrogen) atoms. The molecule has 2 amide bonds. The monoisotopic (exact) mass is 331 g/mol. The summed E-state index contributed by atoms with van der Waals surface area (Å²) in [7, 11) is 0. The molecule has 2 heterocycles. The Morgan fingerprint density at radius 2 is 2.12 bits per heavy atom. The Morgan fingerprint density at radius 3 is 2.88 bits per heavy atom. The van der Waals surface area contributed by atoms with Crippen molar-refractivity contribution in [2.75, 3.05) is 6.54 Å². The minimum Gasteiger partial charge on any atom is -0.358 e. The summed E-state index contributed by atoms with van der Waals surface area (Å²) in [4.78, 5) is 29.1. The van der Waals surface area contributed by atoms with Crippen molar-refractivity contribution in [3.8, 4) is 0 Å². The summed E-state index contributed by atoms with van der Waals surface area (Å²) in [6, 6.07) is 4.74. The molecule has 5 nitrogen and oxygen atoms in total. The molecule has 0 radical (unpaired) electrons. The number of carbonyl (C=O) groups excluding carboxylic acids is 2. The van der Waals surface area contributed by atoms with E-state index in [1.807, 2.05) is 13.8 Å². The Hall–Kier alpha value is -2.37. The maximum atomic E-state index is 13.5. The largest absolute Gasteiger partial charge is 0.358 e. The normalized spacial score (nSPS) is 14.1. The van der Waals surface area contributed by atoms with Crippen LogP contribution in [0.2, 0.25) is 0 Å². The fourth-order valence-electron chi connectivity index (χ4n) is 3.17. The maximum absolute atomic E-state index is 13.5. The van der Waals surface area contributed by atoms with Gasteiger partial charge < -0.3 is 15.2 Å². The van der Waals surface area contributed by atoms with Crippen LogP contribution in [0.1, 0.15) is 37.9 Å². The fourth-order valence-corrected chi connectivity index (χ4v) is 3.17. The van der Waals surface area contributed by atoms with Crippen LogP contribution in [0, 0.1) is 5.82 Å². The highest BCUT2D eigenvalue weighted by molar-refractivity contribution is 5.87. The first-order chi connectivity index (χ1) is 11.4. The zero-order chi connectivity index (χ0) is 17.3. The molecule has 1 aromatic heterocycles. The average molecular weight is 331 g/mol. The summed E-state index contributed by atoms with van der Waals surface area (Å²) >= 11 is 0. The van der Waals surface area contributed by atoms with Crippen LogP contribution in [0.3, 0.4) is 0 Å². The summed E-state index contributed by atoms with van der Waals surface area (Å²) in [6.07, 6.45) is 1.11. The van der Waals surface area contributed by atoms with E-state index in [1.165, 1.54) is 12.1 Å². The van der Waals surface area contributed by atoms with Crippen molar-refractivity contribution in [3.63, 3.8) is 0 Å². The minimum atomic E-state index is -0.280. The number of aromatic nitrogens is 1. The SMILES string of the molecule is CC(C)NC(=O)CCC(=O)N1CCc2[nH]c3ccc(F)cc3c2C1. The Balaban J connectivity index is 1.68. The van der Waals surface area contributed by atoms with Gasteiger partial charge >= 0.3 is 0 Å². The number of aromatic amines is 1. The molecule has 3 rings (SSSR count). The third kappa shape index (κ3) is 3.42. The second-order valence-electron chi connectivity index (χ2n) is 6.56. The lowest BCUT2D eigenvalue weighted by Crippen LogP contribution is -2.37. The Morgan fingerprint density at radius 1 is 1.33 bits per heavy atom. The van der Waals surface area contributed by atoms with Crippen molar-refractivity contribution in [3.05, 3.63) is 35.3 Å². The Labute approximate surface area is 140 Å². The highest BCUT2D eigenvalue weighted by Crippen LogP contribution is 2.28. The first kappa shape index (κ1) is 16.5. The molecule has 2 N–H and O–H groups in total. The van der Waals surface area contributed by atoms with Crippen LogP contribution < -0.4 is 5.32 Å². The number of hydrogen-bond donors (Lipinski definition) is 2. The average Bonchev–Trinajstić information content (AvgIpc) is 2.89. The first-order valence-corrected chi connectivity index (χ1v) is 8.30. The summed E-state index contributed by atoms with van der Waals surface area (Å²) in [5, 5.41) is 3.62. The van der Waals surface area contributed by atoms with Crippen molar-refractivity contribution in [1.82, 2.24) is 15.2 Å². The van der Waals surface area contributed by atoms with Gasteiger partial charge in [-0.25, -0.2) is 4.39 Å². The molecule has 0 aliphatic carbocycles. The third-order valence-electron chi connectivity index (χ3n) is 4.31. The molecule has 0 saturated carbocycles. The van der Waals surface area contributed by atoms with Crippen molar-refractivity contribution < 1.29 is 14.0 Å². The summed E-state index contributed by atoms with van der Waals surface area (Å²) in [5.41, 5.74) is 2.94. The van der Waals surface area contributed by atoms with Gasteiger partial charge in [0.15, 0.2) is 0 Å².